The van der Waals surface area contributed by atoms with Crippen molar-refractivity contribution in [3.8, 4) is 16.9 Å². The molecule has 0 spiro atoms. The maximum atomic E-state index is 9.89. The van der Waals surface area contributed by atoms with E-state index >= 15 is 0 Å². The Morgan fingerprint density at radius 3 is 2.24 bits per heavy atom. The molecule has 2 aromatic rings. The normalized spacial score (nSPS) is 9.38. The Labute approximate surface area is 123 Å². The number of aliphatic hydroxyl groups excluding tert-OH is 1. The molecule has 21 heavy (non-hydrogen) atoms. The molecule has 4 nitrogen and oxygen atoms in total. The number of carboxylic acid groups (broad SMARTS) is 1. The van der Waals surface area contributed by atoms with Crippen LogP contribution in [0.5, 0.6) is 5.75 Å². The molecule has 0 aliphatic carbocycles. The molecule has 0 atom stereocenters. The van der Waals surface area contributed by atoms with Gasteiger partial charge in [-0.1, -0.05) is 49.0 Å². The number of phenolic OH excluding ortho intramolecular Hbond substituents is 1. The van der Waals surface area contributed by atoms with Crippen molar-refractivity contribution in [3.05, 3.63) is 66.7 Å². The van der Waals surface area contributed by atoms with Crippen molar-refractivity contribution in [2.24, 2.45) is 0 Å². The zero-order chi connectivity index (χ0) is 15.7. The average molecular weight is 286 g/mol. The molecule has 0 saturated heterocycles. The highest BCUT2D eigenvalue weighted by molar-refractivity contribution is 5.78. The van der Waals surface area contributed by atoms with Gasteiger partial charge in [-0.25, -0.2) is 4.79 Å². The highest BCUT2D eigenvalue weighted by atomic mass is 16.4. The lowest BCUT2D eigenvalue weighted by Gasteiger charge is -2.10. The Morgan fingerprint density at radius 1 is 1.10 bits per heavy atom. The van der Waals surface area contributed by atoms with E-state index in [0.717, 1.165) is 22.8 Å². The zero-order valence-electron chi connectivity index (χ0n) is 11.6. The lowest BCUT2D eigenvalue weighted by molar-refractivity contribution is -0.131. The molecule has 3 N–H and O–H groups in total. The number of aromatic hydroxyl groups is 1. The molecule has 0 aliphatic heterocycles. The smallest absolute Gasteiger partial charge is 0.327 e. The Hall–Kier alpha value is -2.59. The summed E-state index contributed by atoms with van der Waals surface area (Å²) in [6.07, 6.45) is 1.39. The van der Waals surface area contributed by atoms with Crippen LogP contribution in [0.3, 0.4) is 0 Å². The van der Waals surface area contributed by atoms with E-state index in [4.69, 9.17) is 10.2 Å². The first-order chi connectivity index (χ1) is 10.1. The summed E-state index contributed by atoms with van der Waals surface area (Å²) in [6.45, 7) is 3.05. The molecule has 4 heteroatoms. The third kappa shape index (κ3) is 5.12. The lowest BCUT2D eigenvalue weighted by Crippen LogP contribution is -1.94. The largest absolute Gasteiger partial charge is 0.507 e. The molecular weight excluding hydrogens is 268 g/mol. The zero-order valence-corrected chi connectivity index (χ0v) is 11.6. The molecule has 0 radical (unpaired) electrons. The molecule has 0 amide bonds. The number of hydrogen-bond donors (Lipinski definition) is 3. The van der Waals surface area contributed by atoms with Crippen molar-refractivity contribution in [3.63, 3.8) is 0 Å². The number of carbonyl (C=O) groups is 1. The van der Waals surface area contributed by atoms with Crippen molar-refractivity contribution < 1.29 is 20.1 Å². The van der Waals surface area contributed by atoms with Gasteiger partial charge in [-0.15, -0.1) is 0 Å². The first-order valence-electron chi connectivity index (χ1n) is 6.42. The van der Waals surface area contributed by atoms with E-state index in [1.165, 1.54) is 0 Å². The van der Waals surface area contributed by atoms with Gasteiger partial charge in [0.15, 0.2) is 0 Å². The Morgan fingerprint density at radius 2 is 1.71 bits per heavy atom. The van der Waals surface area contributed by atoms with E-state index < -0.39 is 5.97 Å². The van der Waals surface area contributed by atoms with Gasteiger partial charge in [0.25, 0.3) is 0 Å². The second-order valence-electron chi connectivity index (χ2n) is 4.19. The van der Waals surface area contributed by atoms with Gasteiger partial charge in [0.1, 0.15) is 5.75 Å². The number of phenols is 1. The Kier molecular flexibility index (Phi) is 6.71. The van der Waals surface area contributed by atoms with Crippen LogP contribution in [0, 0.1) is 0 Å². The van der Waals surface area contributed by atoms with Gasteiger partial charge in [0.05, 0.1) is 0 Å². The van der Waals surface area contributed by atoms with Gasteiger partial charge in [0.2, 0.25) is 0 Å². The molecule has 0 aromatic heterocycles. The fraction of sp³-hybridized carbons (Fsp3) is 0.118. The summed E-state index contributed by atoms with van der Waals surface area (Å²) < 4.78 is 0. The summed E-state index contributed by atoms with van der Waals surface area (Å²) in [6, 6.07) is 15.1. The highest BCUT2D eigenvalue weighted by Gasteiger charge is 2.08. The topological polar surface area (TPSA) is 77.8 Å². The van der Waals surface area contributed by atoms with Crippen molar-refractivity contribution in [2.75, 3.05) is 6.61 Å². The molecule has 2 aromatic carbocycles. The molecule has 0 unspecified atom stereocenters. The molecule has 110 valence electrons. The van der Waals surface area contributed by atoms with Crippen molar-refractivity contribution in [2.45, 2.75) is 6.42 Å². The van der Waals surface area contributed by atoms with E-state index in [1.54, 1.807) is 12.1 Å². The number of aliphatic hydroxyl groups is 1. The predicted molar refractivity (Wildman–Crippen MR) is 82.2 cm³/mol. The van der Waals surface area contributed by atoms with Crippen LogP contribution in [-0.4, -0.2) is 27.9 Å². The fourth-order valence-corrected chi connectivity index (χ4v) is 1.85. The summed E-state index contributed by atoms with van der Waals surface area (Å²) in [4.78, 5) is 9.25. The Bertz CT molecular complexity index is 591. The predicted octanol–water partition coefficient (Wildman–Crippen LogP) is 2.85. The van der Waals surface area contributed by atoms with Crippen molar-refractivity contribution in [1.29, 1.82) is 0 Å². The van der Waals surface area contributed by atoms with Gasteiger partial charge in [-0.2, -0.15) is 0 Å². The van der Waals surface area contributed by atoms with Crippen molar-refractivity contribution in [1.82, 2.24) is 0 Å². The summed E-state index contributed by atoms with van der Waals surface area (Å²) >= 11 is 0. The fourth-order valence-electron chi connectivity index (χ4n) is 1.85. The van der Waals surface area contributed by atoms with Crippen LogP contribution in [-0.2, 0) is 11.2 Å². The van der Waals surface area contributed by atoms with Gasteiger partial charge in [-0.3, -0.25) is 0 Å². The average Bonchev–Trinajstić information content (AvgIpc) is 2.49. The number of hydrogen-bond acceptors (Lipinski definition) is 3. The molecule has 0 fully saturated rings. The van der Waals surface area contributed by atoms with Crippen LogP contribution in [0.15, 0.2) is 61.2 Å². The van der Waals surface area contributed by atoms with E-state index in [9.17, 15) is 9.90 Å². The first kappa shape index (κ1) is 16.5. The third-order valence-electron chi connectivity index (χ3n) is 2.75. The van der Waals surface area contributed by atoms with Crippen LogP contribution in [0.2, 0.25) is 0 Å². The standard InChI is InChI=1S/C14H14O2.C3H4O2/c15-10-9-12-7-4-8-13(16)14(12)11-5-2-1-3-6-11;1-2-3(4)5/h1-8,15-16H,9-10H2;2H,1H2,(H,4,5). The number of benzene rings is 2. The summed E-state index contributed by atoms with van der Waals surface area (Å²) in [5, 5.41) is 26.5. The SMILES string of the molecule is C=CC(=O)O.OCCc1cccc(O)c1-c1ccccc1. The summed E-state index contributed by atoms with van der Waals surface area (Å²) in [7, 11) is 0. The lowest BCUT2D eigenvalue weighted by atomic mass is 9.97. The maximum Gasteiger partial charge on any atom is 0.327 e. The van der Waals surface area contributed by atoms with Crippen molar-refractivity contribution >= 4 is 5.97 Å². The minimum absolute atomic E-state index is 0.0866. The first-order valence-corrected chi connectivity index (χ1v) is 6.42. The molecule has 0 aliphatic rings. The van der Waals surface area contributed by atoms with E-state index in [1.807, 2.05) is 36.4 Å². The monoisotopic (exact) mass is 286 g/mol. The van der Waals surface area contributed by atoms with Crippen LogP contribution in [0.4, 0.5) is 0 Å². The quantitative estimate of drug-likeness (QED) is 0.755. The summed E-state index contributed by atoms with van der Waals surface area (Å²) in [5.41, 5.74) is 2.76. The highest BCUT2D eigenvalue weighted by Crippen LogP contribution is 2.32. The second kappa shape index (κ2) is 8.55. The third-order valence-corrected chi connectivity index (χ3v) is 2.75. The number of aliphatic carboxylic acids is 1. The number of carboxylic acids is 1. The summed E-state index contributed by atoms with van der Waals surface area (Å²) in [5.74, 6) is -0.720. The minimum atomic E-state index is -0.981. The molecule has 2 rings (SSSR count). The minimum Gasteiger partial charge on any atom is -0.507 e. The van der Waals surface area contributed by atoms with Crippen LogP contribution in [0.1, 0.15) is 5.56 Å². The van der Waals surface area contributed by atoms with Gasteiger partial charge in [0, 0.05) is 18.2 Å². The van der Waals surface area contributed by atoms with E-state index in [2.05, 4.69) is 6.58 Å². The molecule has 0 bridgehead atoms. The van der Waals surface area contributed by atoms with Crippen LogP contribution < -0.4 is 0 Å². The Balaban J connectivity index is 0.000000383. The van der Waals surface area contributed by atoms with Crippen LogP contribution >= 0.6 is 0 Å². The van der Waals surface area contributed by atoms with Crippen LogP contribution in [0.25, 0.3) is 11.1 Å². The maximum absolute atomic E-state index is 9.89. The van der Waals surface area contributed by atoms with Gasteiger partial charge >= 0.3 is 5.97 Å². The molecule has 0 saturated carbocycles. The van der Waals surface area contributed by atoms with E-state index in [0.29, 0.717) is 6.42 Å². The molecular formula is C17H18O4. The van der Waals surface area contributed by atoms with E-state index in [-0.39, 0.29) is 12.4 Å². The second-order valence-corrected chi connectivity index (χ2v) is 4.19. The number of rotatable bonds is 4. The molecule has 0 heterocycles. The van der Waals surface area contributed by atoms with Gasteiger partial charge in [-0.05, 0) is 23.6 Å². The van der Waals surface area contributed by atoms with Gasteiger partial charge < -0.3 is 15.3 Å².